The van der Waals surface area contributed by atoms with Crippen LogP contribution >= 0.6 is 0 Å². The zero-order chi connectivity index (χ0) is 20.2. The predicted molar refractivity (Wildman–Crippen MR) is 109 cm³/mol. The van der Waals surface area contributed by atoms with Gasteiger partial charge in [-0.1, -0.05) is 42.5 Å². The molecule has 0 unspecified atom stereocenters. The highest BCUT2D eigenvalue weighted by molar-refractivity contribution is 6.02. The lowest BCUT2D eigenvalue weighted by molar-refractivity contribution is 0.0986. The lowest BCUT2D eigenvalue weighted by Gasteiger charge is -2.09. The molecule has 29 heavy (non-hydrogen) atoms. The van der Waals surface area contributed by atoms with E-state index in [9.17, 15) is 4.79 Å². The van der Waals surface area contributed by atoms with Crippen molar-refractivity contribution in [1.29, 1.82) is 0 Å². The molecule has 0 atom stereocenters. The molecule has 0 bridgehead atoms. The molecule has 8 nitrogen and oxygen atoms in total. The Hall–Kier alpha value is -3.91. The summed E-state index contributed by atoms with van der Waals surface area (Å²) in [6, 6.07) is 16.5. The van der Waals surface area contributed by atoms with Gasteiger partial charge in [-0.15, -0.1) is 10.2 Å². The molecule has 0 fully saturated rings. The minimum Gasteiger partial charge on any atom is -0.414 e. The zero-order valence-corrected chi connectivity index (χ0v) is 15.4. The summed E-state index contributed by atoms with van der Waals surface area (Å²) in [5.41, 5.74) is 14.2. The lowest BCUT2D eigenvalue weighted by Crippen LogP contribution is -2.09. The molecule has 2 aromatic carbocycles. The summed E-state index contributed by atoms with van der Waals surface area (Å²) in [5, 5.41) is 8.13. The Morgan fingerprint density at radius 2 is 1.69 bits per heavy atom. The average molecular weight is 386 g/mol. The van der Waals surface area contributed by atoms with Gasteiger partial charge < -0.3 is 15.9 Å². The maximum Gasteiger partial charge on any atom is 0.270 e. The predicted octanol–water partition coefficient (Wildman–Crippen LogP) is 2.97. The normalized spacial score (nSPS) is 10.8. The summed E-state index contributed by atoms with van der Waals surface area (Å²) in [6.45, 7) is 0.274. The molecule has 4 aromatic rings. The van der Waals surface area contributed by atoms with Crippen molar-refractivity contribution in [1.82, 2.24) is 20.2 Å². The summed E-state index contributed by atoms with van der Waals surface area (Å²) in [7, 11) is 0. The third kappa shape index (κ3) is 3.74. The highest BCUT2D eigenvalue weighted by atomic mass is 16.4. The van der Waals surface area contributed by atoms with Crippen molar-refractivity contribution in [2.45, 2.75) is 6.42 Å². The van der Waals surface area contributed by atoms with E-state index >= 15 is 0 Å². The number of nitrogens with two attached hydrogens (primary N) is 2. The molecular formula is C21H18N6O2. The number of nitrogen functional groups attached to an aromatic ring is 1. The second-order valence-corrected chi connectivity index (χ2v) is 6.27. The molecule has 2 heterocycles. The monoisotopic (exact) mass is 386 g/mol. The van der Waals surface area contributed by atoms with E-state index in [0.717, 1.165) is 5.56 Å². The number of carbonyl (C=O) groups excluding carboxylic acids is 1. The Kier molecular flexibility index (Phi) is 5.08. The molecule has 0 aliphatic heterocycles. The maximum atomic E-state index is 12.4. The number of carbonyl (C=O) groups is 1. The van der Waals surface area contributed by atoms with Crippen LogP contribution in [0, 0.1) is 0 Å². The number of aromatic nitrogens is 4. The topological polar surface area (TPSA) is 134 Å². The molecule has 0 radical (unpaired) electrons. The first-order valence-electron chi connectivity index (χ1n) is 9.02. The quantitative estimate of drug-likeness (QED) is 0.483. The van der Waals surface area contributed by atoms with Crippen LogP contribution in [0.4, 0.5) is 5.82 Å². The summed E-state index contributed by atoms with van der Waals surface area (Å²) in [5.74, 6) is 0.599. The number of anilines is 1. The fourth-order valence-electron chi connectivity index (χ4n) is 2.92. The number of rotatable bonds is 6. The summed E-state index contributed by atoms with van der Waals surface area (Å²) < 4.78 is 5.76. The first-order chi connectivity index (χ1) is 14.2. The van der Waals surface area contributed by atoms with E-state index in [2.05, 4.69) is 20.2 Å². The first-order valence-corrected chi connectivity index (χ1v) is 9.02. The minimum absolute atomic E-state index is 0.0626. The van der Waals surface area contributed by atoms with Gasteiger partial charge in [-0.3, -0.25) is 4.79 Å². The molecule has 4 rings (SSSR count). The molecular weight excluding hydrogens is 368 g/mol. The number of benzene rings is 2. The second kappa shape index (κ2) is 7.99. The van der Waals surface area contributed by atoms with Crippen LogP contribution < -0.4 is 11.5 Å². The molecule has 144 valence electrons. The minimum atomic E-state index is -0.0626. The highest BCUT2D eigenvalue weighted by Gasteiger charge is 2.19. The Labute approximate surface area is 166 Å². The van der Waals surface area contributed by atoms with Crippen LogP contribution in [0.3, 0.4) is 0 Å². The fourth-order valence-corrected chi connectivity index (χ4v) is 2.92. The van der Waals surface area contributed by atoms with E-state index in [0.29, 0.717) is 22.7 Å². The average Bonchev–Trinajstić information content (AvgIpc) is 3.25. The number of ketones is 1. The molecule has 0 saturated heterocycles. The van der Waals surface area contributed by atoms with E-state index < -0.39 is 0 Å². The molecule has 0 amide bonds. The molecule has 8 heteroatoms. The van der Waals surface area contributed by atoms with Crippen molar-refractivity contribution in [3.05, 3.63) is 66.4 Å². The van der Waals surface area contributed by atoms with Crippen LogP contribution in [0.1, 0.15) is 16.8 Å². The van der Waals surface area contributed by atoms with Gasteiger partial charge in [0, 0.05) is 23.1 Å². The Morgan fingerprint density at radius 3 is 2.48 bits per heavy atom. The van der Waals surface area contributed by atoms with Gasteiger partial charge in [0.15, 0.2) is 17.3 Å². The molecule has 0 spiro atoms. The molecule has 0 aliphatic carbocycles. The summed E-state index contributed by atoms with van der Waals surface area (Å²) >= 11 is 0. The standard InChI is InChI=1S/C21H18N6O2/c22-11-10-17(28)15-9-5-4-8-14(15)16-12-24-19(23)18(25-16)21-27-26-20(29-21)13-6-2-1-3-7-13/h1-9,12H,10-11,22H2,(H2,23,24). The van der Waals surface area contributed by atoms with E-state index in [1.165, 1.54) is 6.20 Å². The van der Waals surface area contributed by atoms with Crippen molar-refractivity contribution in [3.63, 3.8) is 0 Å². The Bertz CT molecular complexity index is 1160. The molecule has 2 aromatic heterocycles. The van der Waals surface area contributed by atoms with Gasteiger partial charge in [0.05, 0.1) is 11.9 Å². The second-order valence-electron chi connectivity index (χ2n) is 6.27. The van der Waals surface area contributed by atoms with Gasteiger partial charge >= 0.3 is 0 Å². The van der Waals surface area contributed by atoms with Crippen molar-refractivity contribution < 1.29 is 9.21 Å². The van der Waals surface area contributed by atoms with E-state index in [4.69, 9.17) is 15.9 Å². The smallest absolute Gasteiger partial charge is 0.270 e. The van der Waals surface area contributed by atoms with Gasteiger partial charge in [0.1, 0.15) is 0 Å². The van der Waals surface area contributed by atoms with Crippen LogP contribution in [-0.2, 0) is 0 Å². The van der Waals surface area contributed by atoms with Gasteiger partial charge in [-0.25, -0.2) is 9.97 Å². The fraction of sp³-hybridized carbons (Fsp3) is 0.0952. The van der Waals surface area contributed by atoms with Crippen molar-refractivity contribution in [2.24, 2.45) is 5.73 Å². The van der Waals surface area contributed by atoms with E-state index in [1.807, 2.05) is 36.4 Å². The highest BCUT2D eigenvalue weighted by Crippen LogP contribution is 2.29. The van der Waals surface area contributed by atoms with E-state index in [-0.39, 0.29) is 36.2 Å². The summed E-state index contributed by atoms with van der Waals surface area (Å²) in [6.07, 6.45) is 1.76. The van der Waals surface area contributed by atoms with Crippen LogP contribution in [0.25, 0.3) is 34.3 Å². The number of hydrogen-bond acceptors (Lipinski definition) is 8. The molecule has 0 saturated carbocycles. The van der Waals surface area contributed by atoms with Crippen molar-refractivity contribution in [3.8, 4) is 34.3 Å². The van der Waals surface area contributed by atoms with Gasteiger partial charge in [-0.2, -0.15) is 0 Å². The number of Topliss-reactive ketones (excluding diaryl/α,β-unsaturated/α-hetero) is 1. The van der Waals surface area contributed by atoms with E-state index in [1.54, 1.807) is 18.2 Å². The van der Waals surface area contributed by atoms with Gasteiger partial charge in [0.25, 0.3) is 5.89 Å². The SMILES string of the molecule is NCCC(=O)c1ccccc1-c1cnc(N)c(-c2nnc(-c3ccccc3)o2)n1. The first kappa shape index (κ1) is 18.5. The van der Waals surface area contributed by atoms with Crippen LogP contribution in [0.15, 0.2) is 65.2 Å². The lowest BCUT2D eigenvalue weighted by atomic mass is 9.99. The van der Waals surface area contributed by atoms with Gasteiger partial charge in [0.2, 0.25) is 5.89 Å². The maximum absolute atomic E-state index is 12.4. The van der Waals surface area contributed by atoms with Crippen LogP contribution in [0.2, 0.25) is 0 Å². The Morgan fingerprint density at radius 1 is 0.966 bits per heavy atom. The third-order valence-electron chi connectivity index (χ3n) is 4.32. The summed E-state index contributed by atoms with van der Waals surface area (Å²) in [4.78, 5) is 21.2. The van der Waals surface area contributed by atoms with Crippen molar-refractivity contribution in [2.75, 3.05) is 12.3 Å². The van der Waals surface area contributed by atoms with Crippen LogP contribution in [-0.4, -0.2) is 32.5 Å². The number of hydrogen-bond donors (Lipinski definition) is 2. The molecule has 4 N–H and O–H groups in total. The van der Waals surface area contributed by atoms with Crippen molar-refractivity contribution >= 4 is 11.6 Å². The van der Waals surface area contributed by atoms with Gasteiger partial charge in [-0.05, 0) is 18.7 Å². The van der Waals surface area contributed by atoms with Crippen LogP contribution in [0.5, 0.6) is 0 Å². The zero-order valence-electron chi connectivity index (χ0n) is 15.4. The largest absolute Gasteiger partial charge is 0.414 e. The molecule has 0 aliphatic rings. The number of nitrogens with zero attached hydrogens (tertiary/aromatic N) is 4. The third-order valence-corrected chi connectivity index (χ3v) is 4.32. The Balaban J connectivity index is 1.75.